The molecule has 2 heterocycles. The lowest BCUT2D eigenvalue weighted by Crippen LogP contribution is -2.67. The molecule has 3 rings (SSSR count). The minimum atomic E-state index is 0.0478. The Morgan fingerprint density at radius 3 is 2.43 bits per heavy atom. The number of rotatable bonds is 2. The summed E-state index contributed by atoms with van der Waals surface area (Å²) in [4.78, 5) is 4.86. The van der Waals surface area contributed by atoms with E-state index in [1.807, 2.05) is 0 Å². The van der Waals surface area contributed by atoms with Gasteiger partial charge in [-0.3, -0.25) is 0 Å². The Hall–Kier alpha value is -1.70. The van der Waals surface area contributed by atoms with E-state index in [2.05, 4.69) is 75.7 Å². The van der Waals surface area contributed by atoms with Crippen LogP contribution in [0.5, 0.6) is 0 Å². The van der Waals surface area contributed by atoms with E-state index in [4.69, 9.17) is 4.98 Å². The topological polar surface area (TPSA) is 16.8 Å². The molecular weight excluding hydrogens is 256 g/mol. The van der Waals surface area contributed by atoms with Gasteiger partial charge in [0.2, 0.25) is 0 Å². The fourth-order valence-corrected chi connectivity index (χ4v) is 3.95. The smallest absolute Gasteiger partial charge is 0.224 e. The van der Waals surface area contributed by atoms with E-state index < -0.39 is 0 Å². The molecule has 0 saturated carbocycles. The fraction of sp³-hybridized carbons (Fsp3) is 0.474. The first-order valence-corrected chi connectivity index (χ1v) is 7.97. The second-order valence-corrected chi connectivity index (χ2v) is 6.62. The first-order chi connectivity index (χ1) is 9.98. The molecule has 21 heavy (non-hydrogen) atoms. The Bertz CT molecular complexity index is 692. The van der Waals surface area contributed by atoms with Gasteiger partial charge in [0.05, 0.1) is 11.8 Å². The van der Waals surface area contributed by atoms with Gasteiger partial charge >= 0.3 is 5.82 Å². The van der Waals surface area contributed by atoms with Crippen molar-refractivity contribution < 1.29 is 4.57 Å². The van der Waals surface area contributed by atoms with Crippen molar-refractivity contribution in [1.29, 1.82) is 0 Å². The predicted octanol–water partition coefficient (Wildman–Crippen LogP) is 4.15. The lowest BCUT2D eigenvalue weighted by Gasteiger charge is -2.47. The molecule has 1 aromatic heterocycles. The van der Waals surface area contributed by atoms with Crippen LogP contribution in [0.4, 0.5) is 0 Å². The standard InChI is InChI=1S/C19H25N2/c1-6-18(4)16-11-9-8-10-15(16)17-20-14(3)12-13-21(17)19(18,5)7-2/h8-13H,6-7H2,1-5H3/q+1. The normalized spacial score (nSPS) is 27.1. The minimum Gasteiger partial charge on any atom is -0.224 e. The van der Waals surface area contributed by atoms with Crippen molar-refractivity contribution in [2.24, 2.45) is 0 Å². The van der Waals surface area contributed by atoms with E-state index in [9.17, 15) is 0 Å². The molecule has 0 radical (unpaired) electrons. The van der Waals surface area contributed by atoms with Gasteiger partial charge in [-0.2, -0.15) is 0 Å². The molecule has 2 heteroatoms. The average molecular weight is 281 g/mol. The van der Waals surface area contributed by atoms with Crippen LogP contribution < -0.4 is 4.57 Å². The lowest BCUT2D eigenvalue weighted by molar-refractivity contribution is -0.767. The third kappa shape index (κ3) is 1.71. The number of fused-ring (bicyclic) bond motifs is 3. The zero-order chi connectivity index (χ0) is 15.3. The first kappa shape index (κ1) is 14.2. The van der Waals surface area contributed by atoms with Crippen LogP contribution in [0.25, 0.3) is 11.4 Å². The van der Waals surface area contributed by atoms with Gasteiger partial charge in [-0.05, 0) is 36.4 Å². The molecule has 110 valence electrons. The molecule has 1 aromatic carbocycles. The van der Waals surface area contributed by atoms with Gasteiger partial charge in [0.25, 0.3) is 0 Å². The van der Waals surface area contributed by atoms with Gasteiger partial charge in [-0.1, -0.05) is 39.0 Å². The molecule has 0 N–H and O–H groups in total. The molecule has 0 bridgehead atoms. The van der Waals surface area contributed by atoms with Gasteiger partial charge in [0, 0.05) is 18.4 Å². The summed E-state index contributed by atoms with van der Waals surface area (Å²) >= 11 is 0. The number of hydrogen-bond acceptors (Lipinski definition) is 1. The molecule has 2 aromatic rings. The quantitative estimate of drug-likeness (QED) is 0.756. The molecule has 2 unspecified atom stereocenters. The molecule has 2 atom stereocenters. The van der Waals surface area contributed by atoms with Crippen molar-refractivity contribution in [3.63, 3.8) is 0 Å². The maximum atomic E-state index is 4.86. The molecule has 0 saturated heterocycles. The molecule has 0 fully saturated rings. The van der Waals surface area contributed by atoms with E-state index in [1.54, 1.807) is 0 Å². The van der Waals surface area contributed by atoms with E-state index in [1.165, 1.54) is 11.1 Å². The van der Waals surface area contributed by atoms with Crippen LogP contribution in [0.3, 0.4) is 0 Å². The monoisotopic (exact) mass is 281 g/mol. The van der Waals surface area contributed by atoms with E-state index in [0.29, 0.717) is 0 Å². The maximum Gasteiger partial charge on any atom is 0.331 e. The summed E-state index contributed by atoms with van der Waals surface area (Å²) < 4.78 is 2.41. The Kier molecular flexibility index (Phi) is 3.16. The van der Waals surface area contributed by atoms with E-state index >= 15 is 0 Å². The highest BCUT2D eigenvalue weighted by Crippen LogP contribution is 2.48. The Morgan fingerprint density at radius 2 is 1.76 bits per heavy atom. The molecule has 1 aliphatic rings. The lowest BCUT2D eigenvalue weighted by atomic mass is 9.61. The first-order valence-electron chi connectivity index (χ1n) is 7.97. The summed E-state index contributed by atoms with van der Waals surface area (Å²) in [6.45, 7) is 11.5. The largest absolute Gasteiger partial charge is 0.331 e. The molecular formula is C19H25N2+. The summed E-state index contributed by atoms with van der Waals surface area (Å²) in [5.41, 5.74) is 3.97. The molecule has 0 amide bonds. The van der Waals surface area contributed by atoms with Crippen LogP contribution in [-0.4, -0.2) is 4.98 Å². The number of aromatic nitrogens is 2. The number of nitrogens with zero attached hydrogens (tertiary/aromatic N) is 2. The van der Waals surface area contributed by atoms with Crippen molar-refractivity contribution in [3.05, 3.63) is 47.8 Å². The second kappa shape index (κ2) is 4.66. The molecule has 1 aliphatic heterocycles. The SMILES string of the molecule is CCC1(C)c2ccccc2-c2nc(C)cc[n+]2C1(C)CC. The van der Waals surface area contributed by atoms with Gasteiger partial charge < -0.3 is 0 Å². The highest BCUT2D eigenvalue weighted by molar-refractivity contribution is 5.62. The predicted molar refractivity (Wildman–Crippen MR) is 86.2 cm³/mol. The van der Waals surface area contributed by atoms with Crippen LogP contribution in [0.1, 0.15) is 51.8 Å². The third-order valence-electron chi connectivity index (χ3n) is 5.85. The van der Waals surface area contributed by atoms with Gasteiger partial charge in [-0.15, -0.1) is 0 Å². The van der Waals surface area contributed by atoms with Crippen LogP contribution in [0.2, 0.25) is 0 Å². The third-order valence-corrected chi connectivity index (χ3v) is 5.85. The van der Waals surface area contributed by atoms with Crippen molar-refractivity contribution in [1.82, 2.24) is 4.98 Å². The van der Waals surface area contributed by atoms with Crippen molar-refractivity contribution in [2.45, 2.75) is 58.4 Å². The van der Waals surface area contributed by atoms with Crippen LogP contribution in [-0.2, 0) is 11.0 Å². The number of benzene rings is 1. The summed E-state index contributed by atoms with van der Waals surface area (Å²) in [6, 6.07) is 10.9. The summed E-state index contributed by atoms with van der Waals surface area (Å²) in [5.74, 6) is 1.11. The summed E-state index contributed by atoms with van der Waals surface area (Å²) in [5, 5.41) is 0. The number of hydrogen-bond donors (Lipinski definition) is 0. The van der Waals surface area contributed by atoms with Crippen LogP contribution >= 0.6 is 0 Å². The molecule has 2 nitrogen and oxygen atoms in total. The van der Waals surface area contributed by atoms with Gasteiger partial charge in [-0.25, -0.2) is 4.57 Å². The summed E-state index contributed by atoms with van der Waals surface area (Å²) in [6.07, 6.45) is 4.44. The van der Waals surface area contributed by atoms with Gasteiger partial charge in [0.15, 0.2) is 5.69 Å². The van der Waals surface area contributed by atoms with E-state index in [-0.39, 0.29) is 11.0 Å². The van der Waals surface area contributed by atoms with Crippen LogP contribution in [0.15, 0.2) is 36.5 Å². The van der Waals surface area contributed by atoms with Crippen molar-refractivity contribution in [3.8, 4) is 11.4 Å². The zero-order valence-electron chi connectivity index (χ0n) is 13.8. The zero-order valence-corrected chi connectivity index (χ0v) is 13.8. The van der Waals surface area contributed by atoms with Gasteiger partial charge in [0.1, 0.15) is 5.54 Å². The van der Waals surface area contributed by atoms with E-state index in [0.717, 1.165) is 24.4 Å². The highest BCUT2D eigenvalue weighted by atomic mass is 15.1. The second-order valence-electron chi connectivity index (χ2n) is 6.62. The molecule has 0 aliphatic carbocycles. The maximum absolute atomic E-state index is 4.86. The Labute approximate surface area is 127 Å². The molecule has 0 spiro atoms. The Balaban J connectivity index is 2.43. The number of aryl methyl sites for hydroxylation is 1. The van der Waals surface area contributed by atoms with Crippen LogP contribution in [0, 0.1) is 6.92 Å². The van der Waals surface area contributed by atoms with Crippen molar-refractivity contribution >= 4 is 0 Å². The summed E-state index contributed by atoms with van der Waals surface area (Å²) in [7, 11) is 0. The highest BCUT2D eigenvalue weighted by Gasteiger charge is 2.54. The fourth-order valence-electron chi connectivity index (χ4n) is 3.95. The average Bonchev–Trinajstić information content (AvgIpc) is 2.52. The minimum absolute atomic E-state index is 0.0478. The Morgan fingerprint density at radius 1 is 1.05 bits per heavy atom. The van der Waals surface area contributed by atoms with Crippen molar-refractivity contribution in [2.75, 3.05) is 0 Å².